The van der Waals surface area contributed by atoms with Crippen LogP contribution in [0.25, 0.3) is 0 Å². The van der Waals surface area contributed by atoms with Gasteiger partial charge in [-0.25, -0.2) is 0 Å². The van der Waals surface area contributed by atoms with Gasteiger partial charge in [-0.3, -0.25) is 9.35 Å². The van der Waals surface area contributed by atoms with Crippen LogP contribution in [0.4, 0.5) is 0 Å². The Morgan fingerprint density at radius 1 is 0.571 bits per heavy atom. The first kappa shape index (κ1) is 47.3. The van der Waals surface area contributed by atoms with Crippen molar-refractivity contribution in [3.63, 3.8) is 0 Å². The largest absolute Gasteiger partial charge is 0.387 e. The first-order valence-corrected chi connectivity index (χ1v) is 21.6. The molecule has 0 aromatic heterocycles. The van der Waals surface area contributed by atoms with Crippen LogP contribution in [-0.2, 0) is 14.9 Å². The van der Waals surface area contributed by atoms with E-state index in [4.69, 9.17) is 0 Å². The third kappa shape index (κ3) is 34.5. The van der Waals surface area contributed by atoms with Crippen LogP contribution in [0.2, 0.25) is 0 Å². The Morgan fingerprint density at radius 3 is 1.49 bits per heavy atom. The lowest BCUT2D eigenvalue weighted by atomic mass is 10.0. The molecular weight excluding hydrogens is 635 g/mol. The van der Waals surface area contributed by atoms with Gasteiger partial charge in [-0.15, -0.1) is 0 Å². The van der Waals surface area contributed by atoms with E-state index in [2.05, 4.69) is 55.6 Å². The lowest BCUT2D eigenvalue weighted by molar-refractivity contribution is -0.130. The highest BCUT2D eigenvalue weighted by Crippen LogP contribution is 2.13. The fourth-order valence-electron chi connectivity index (χ4n) is 5.74. The van der Waals surface area contributed by atoms with E-state index in [1.54, 1.807) is 6.08 Å². The zero-order chi connectivity index (χ0) is 36.3. The van der Waals surface area contributed by atoms with Gasteiger partial charge in [0, 0.05) is 0 Å². The Morgan fingerprint density at radius 2 is 0.980 bits per heavy atom. The summed E-state index contributed by atoms with van der Waals surface area (Å²) in [7, 11) is -4.45. The minimum absolute atomic E-state index is 0.260. The molecule has 3 atom stereocenters. The van der Waals surface area contributed by atoms with Gasteiger partial charge in [0.15, 0.2) is 0 Å². The van der Waals surface area contributed by atoms with E-state index in [0.29, 0.717) is 12.8 Å². The SMILES string of the molecule is CCCCCC/C=C/CC/C=C/C(O)C(CS(=O)(=O)O)NC(=O)C(O)CCCCCCCC/C=C\C/C=C\CCCCCCCCCCC. The molecule has 0 saturated carbocycles. The van der Waals surface area contributed by atoms with E-state index in [-0.39, 0.29) is 6.42 Å². The molecule has 0 heterocycles. The number of allylic oxidation sites excluding steroid dienone is 7. The maximum absolute atomic E-state index is 12.5. The molecule has 8 heteroatoms. The van der Waals surface area contributed by atoms with Crippen LogP contribution < -0.4 is 5.32 Å². The van der Waals surface area contributed by atoms with Crippen molar-refractivity contribution in [2.75, 3.05) is 5.75 Å². The molecule has 0 aromatic rings. The summed E-state index contributed by atoms with van der Waals surface area (Å²) in [5.41, 5.74) is 0. The third-order valence-corrected chi connectivity index (χ3v) is 9.62. The molecule has 0 aliphatic rings. The number of hydrogen-bond acceptors (Lipinski definition) is 5. The summed E-state index contributed by atoms with van der Waals surface area (Å²) in [4.78, 5) is 12.5. The molecule has 49 heavy (non-hydrogen) atoms. The molecule has 0 aliphatic carbocycles. The van der Waals surface area contributed by atoms with E-state index in [9.17, 15) is 28.0 Å². The minimum atomic E-state index is -4.45. The van der Waals surface area contributed by atoms with Crippen LogP contribution in [0.15, 0.2) is 48.6 Å². The molecule has 0 aliphatic heterocycles. The second-order valence-electron chi connectivity index (χ2n) is 13.7. The summed E-state index contributed by atoms with van der Waals surface area (Å²) in [6.45, 7) is 4.45. The van der Waals surface area contributed by atoms with Gasteiger partial charge in [-0.1, -0.05) is 165 Å². The number of carbonyl (C=O) groups is 1. The molecule has 0 bridgehead atoms. The van der Waals surface area contributed by atoms with Gasteiger partial charge in [0.2, 0.25) is 5.91 Å². The molecule has 7 nitrogen and oxygen atoms in total. The van der Waals surface area contributed by atoms with Gasteiger partial charge >= 0.3 is 0 Å². The van der Waals surface area contributed by atoms with Crippen LogP contribution in [0.3, 0.4) is 0 Å². The summed E-state index contributed by atoms with van der Waals surface area (Å²) < 4.78 is 32.4. The molecule has 1 amide bonds. The second kappa shape index (κ2) is 34.7. The lowest BCUT2D eigenvalue weighted by Crippen LogP contribution is -2.50. The van der Waals surface area contributed by atoms with Crippen molar-refractivity contribution in [2.45, 2.75) is 199 Å². The first-order valence-electron chi connectivity index (χ1n) is 19.9. The predicted octanol–water partition coefficient (Wildman–Crippen LogP) is 10.5. The molecule has 3 unspecified atom stereocenters. The van der Waals surface area contributed by atoms with Gasteiger partial charge in [0.25, 0.3) is 10.1 Å². The van der Waals surface area contributed by atoms with Gasteiger partial charge < -0.3 is 15.5 Å². The zero-order valence-electron chi connectivity index (χ0n) is 31.4. The first-order chi connectivity index (χ1) is 23.7. The Balaban J connectivity index is 4.02. The Kier molecular flexibility index (Phi) is 33.5. The smallest absolute Gasteiger partial charge is 0.267 e. The quantitative estimate of drug-likeness (QED) is 0.0295. The van der Waals surface area contributed by atoms with Crippen molar-refractivity contribution >= 4 is 16.0 Å². The van der Waals surface area contributed by atoms with Crippen LogP contribution >= 0.6 is 0 Å². The molecule has 0 saturated heterocycles. The average Bonchev–Trinajstić information content (AvgIpc) is 3.06. The monoisotopic (exact) mass is 710 g/mol. The maximum atomic E-state index is 12.5. The van der Waals surface area contributed by atoms with E-state index in [1.807, 2.05) is 0 Å². The fourth-order valence-corrected chi connectivity index (χ4v) is 6.47. The molecule has 4 N–H and O–H groups in total. The summed E-state index contributed by atoms with van der Waals surface area (Å²) >= 11 is 0. The molecule has 0 fully saturated rings. The molecule has 286 valence electrons. The van der Waals surface area contributed by atoms with E-state index >= 15 is 0 Å². The zero-order valence-corrected chi connectivity index (χ0v) is 32.2. The lowest BCUT2D eigenvalue weighted by Gasteiger charge is -2.22. The van der Waals surface area contributed by atoms with E-state index in [1.165, 1.54) is 96.0 Å². The summed E-state index contributed by atoms with van der Waals surface area (Å²) in [6, 6.07) is -1.25. The molecule has 0 radical (unpaired) electrons. The van der Waals surface area contributed by atoms with Gasteiger partial charge in [-0.2, -0.15) is 8.42 Å². The normalized spacial score (nSPS) is 14.5. The van der Waals surface area contributed by atoms with Crippen molar-refractivity contribution in [2.24, 2.45) is 0 Å². The number of rotatable bonds is 35. The number of amides is 1. The maximum Gasteiger partial charge on any atom is 0.267 e. The van der Waals surface area contributed by atoms with E-state index < -0.39 is 40.0 Å². The highest BCUT2D eigenvalue weighted by atomic mass is 32.2. The van der Waals surface area contributed by atoms with Crippen molar-refractivity contribution in [1.82, 2.24) is 5.32 Å². The van der Waals surface area contributed by atoms with Crippen LogP contribution in [0.5, 0.6) is 0 Å². The standard InChI is InChI=1S/C41H75NO6S/c1-3-5-7-9-11-13-15-16-17-18-19-20-21-22-23-24-25-26-28-30-32-34-36-40(44)41(45)42-38(37-49(46,47)48)39(43)35-33-31-29-27-14-12-10-8-6-4-2/h14,19-20,22-23,27,33,35,38-40,43-44H,3-13,15-18,21,24-26,28-32,34,36-37H2,1-2H3,(H,42,45)(H,46,47,48)/b20-19-,23-22-,27-14+,35-33+. The van der Waals surface area contributed by atoms with Crippen LogP contribution in [0, 0.1) is 0 Å². The Hall–Kier alpha value is -1.74. The molecule has 0 spiro atoms. The van der Waals surface area contributed by atoms with Crippen LogP contribution in [0.1, 0.15) is 181 Å². The van der Waals surface area contributed by atoms with Gasteiger partial charge in [0.1, 0.15) is 6.10 Å². The summed E-state index contributed by atoms with van der Waals surface area (Å²) in [5.74, 6) is -1.57. The highest BCUT2D eigenvalue weighted by molar-refractivity contribution is 7.85. The minimum Gasteiger partial charge on any atom is -0.387 e. The van der Waals surface area contributed by atoms with Crippen LogP contribution in [-0.4, -0.2) is 53.1 Å². The fraction of sp³-hybridized carbons (Fsp3) is 0.780. The average molecular weight is 710 g/mol. The van der Waals surface area contributed by atoms with Crippen molar-refractivity contribution in [3.05, 3.63) is 48.6 Å². The predicted molar refractivity (Wildman–Crippen MR) is 208 cm³/mol. The van der Waals surface area contributed by atoms with E-state index in [0.717, 1.165) is 57.8 Å². The molecule has 0 rings (SSSR count). The number of carbonyl (C=O) groups excluding carboxylic acids is 1. The topological polar surface area (TPSA) is 124 Å². The second-order valence-corrected chi connectivity index (χ2v) is 15.2. The third-order valence-electron chi connectivity index (χ3n) is 8.84. The number of unbranched alkanes of at least 4 members (excludes halogenated alkanes) is 20. The van der Waals surface area contributed by atoms with Crippen molar-refractivity contribution in [1.29, 1.82) is 0 Å². The summed E-state index contributed by atoms with van der Waals surface area (Å²) in [5, 5.41) is 23.3. The molecular formula is C41H75NO6S. The van der Waals surface area contributed by atoms with Crippen molar-refractivity contribution < 1.29 is 28.0 Å². The number of aliphatic hydroxyl groups is 2. The van der Waals surface area contributed by atoms with Gasteiger partial charge in [-0.05, 0) is 64.2 Å². The van der Waals surface area contributed by atoms with Crippen molar-refractivity contribution in [3.8, 4) is 0 Å². The molecule has 0 aromatic carbocycles. The highest BCUT2D eigenvalue weighted by Gasteiger charge is 2.27. The Labute approximate surface area is 302 Å². The number of aliphatic hydroxyl groups excluding tert-OH is 2. The number of hydrogen-bond donors (Lipinski definition) is 4. The van der Waals surface area contributed by atoms with Gasteiger partial charge in [0.05, 0.1) is 17.9 Å². The summed E-state index contributed by atoms with van der Waals surface area (Å²) in [6.07, 6.45) is 43.3. The Bertz CT molecular complexity index is 974. The number of nitrogens with one attached hydrogen (secondary N) is 1.